The van der Waals surface area contributed by atoms with E-state index in [0.717, 1.165) is 31.8 Å². The van der Waals surface area contributed by atoms with E-state index in [4.69, 9.17) is 9.68 Å². The molecule has 1 saturated heterocycles. The molecule has 0 bridgehead atoms. The third-order valence-electron chi connectivity index (χ3n) is 4.24. The van der Waals surface area contributed by atoms with Crippen LogP contribution in [0.1, 0.15) is 32.4 Å². The van der Waals surface area contributed by atoms with E-state index in [9.17, 15) is 0 Å². The van der Waals surface area contributed by atoms with Gasteiger partial charge < -0.3 is 9.32 Å². The van der Waals surface area contributed by atoms with Gasteiger partial charge >= 0.3 is 0 Å². The Labute approximate surface area is 115 Å². The molecule has 4 nitrogen and oxygen atoms in total. The highest BCUT2D eigenvalue weighted by Crippen LogP contribution is 2.27. The molecule has 1 aromatic heterocycles. The standard InChI is InChI=1S/C15H23N3O/c1-15(2)7-9-17(3)13(6-8-16)11-18(15)12-14-5-4-10-19-14/h4-5,10,13H,6-7,9,11-12H2,1-3H3. The molecular weight excluding hydrogens is 238 g/mol. The molecule has 2 heterocycles. The molecule has 1 aliphatic heterocycles. The van der Waals surface area contributed by atoms with Gasteiger partial charge in [0.15, 0.2) is 0 Å². The molecule has 1 aliphatic rings. The van der Waals surface area contributed by atoms with Crippen LogP contribution in [0.5, 0.6) is 0 Å². The number of hydrogen-bond acceptors (Lipinski definition) is 4. The molecule has 1 aromatic rings. The quantitative estimate of drug-likeness (QED) is 0.838. The van der Waals surface area contributed by atoms with Gasteiger partial charge in [0.1, 0.15) is 5.76 Å². The molecule has 4 heteroatoms. The van der Waals surface area contributed by atoms with Gasteiger partial charge in [-0.3, -0.25) is 4.90 Å². The molecule has 104 valence electrons. The van der Waals surface area contributed by atoms with E-state index >= 15 is 0 Å². The van der Waals surface area contributed by atoms with Crippen molar-refractivity contribution in [3.63, 3.8) is 0 Å². The van der Waals surface area contributed by atoms with Gasteiger partial charge in [0.05, 0.1) is 25.3 Å². The second kappa shape index (κ2) is 5.77. The van der Waals surface area contributed by atoms with Gasteiger partial charge in [-0.1, -0.05) is 0 Å². The first-order valence-corrected chi connectivity index (χ1v) is 6.87. The summed E-state index contributed by atoms with van der Waals surface area (Å²) in [6, 6.07) is 6.57. The first kappa shape index (κ1) is 14.1. The fourth-order valence-corrected chi connectivity index (χ4v) is 2.63. The lowest BCUT2D eigenvalue weighted by Crippen LogP contribution is -2.46. The van der Waals surface area contributed by atoms with Gasteiger partial charge in [0.25, 0.3) is 0 Å². The smallest absolute Gasteiger partial charge is 0.117 e. The van der Waals surface area contributed by atoms with Crippen molar-refractivity contribution in [2.75, 3.05) is 20.1 Å². The van der Waals surface area contributed by atoms with Crippen molar-refractivity contribution < 1.29 is 4.42 Å². The van der Waals surface area contributed by atoms with Crippen LogP contribution in [-0.4, -0.2) is 41.5 Å². The Kier molecular flexibility index (Phi) is 4.28. The van der Waals surface area contributed by atoms with Crippen LogP contribution in [-0.2, 0) is 6.54 Å². The van der Waals surface area contributed by atoms with Gasteiger partial charge in [-0.25, -0.2) is 0 Å². The Balaban J connectivity index is 2.14. The molecule has 0 aliphatic carbocycles. The van der Waals surface area contributed by atoms with Crippen molar-refractivity contribution in [1.29, 1.82) is 5.26 Å². The maximum Gasteiger partial charge on any atom is 0.117 e. The maximum absolute atomic E-state index is 8.99. The fraction of sp³-hybridized carbons (Fsp3) is 0.667. The summed E-state index contributed by atoms with van der Waals surface area (Å²) in [5.74, 6) is 0.994. The maximum atomic E-state index is 8.99. The van der Waals surface area contributed by atoms with E-state index in [1.165, 1.54) is 0 Å². The van der Waals surface area contributed by atoms with Gasteiger partial charge in [-0.15, -0.1) is 0 Å². The summed E-state index contributed by atoms with van der Waals surface area (Å²) < 4.78 is 5.47. The first-order valence-electron chi connectivity index (χ1n) is 6.87. The molecule has 1 fully saturated rings. The highest BCUT2D eigenvalue weighted by Gasteiger charge is 2.34. The first-order chi connectivity index (χ1) is 9.03. The Bertz CT molecular complexity index is 433. The van der Waals surface area contributed by atoms with Gasteiger partial charge in [0.2, 0.25) is 0 Å². The average molecular weight is 261 g/mol. The molecule has 1 unspecified atom stereocenters. The summed E-state index contributed by atoms with van der Waals surface area (Å²) in [5, 5.41) is 8.99. The van der Waals surface area contributed by atoms with E-state index < -0.39 is 0 Å². The number of rotatable bonds is 3. The number of nitriles is 1. The molecule has 0 radical (unpaired) electrons. The zero-order valence-corrected chi connectivity index (χ0v) is 12.1. The monoisotopic (exact) mass is 261 g/mol. The second-order valence-electron chi connectivity index (χ2n) is 6.02. The highest BCUT2D eigenvalue weighted by molar-refractivity contribution is 5.01. The second-order valence-corrected chi connectivity index (χ2v) is 6.02. The van der Waals surface area contributed by atoms with Crippen LogP contribution >= 0.6 is 0 Å². The lowest BCUT2D eigenvalue weighted by molar-refractivity contribution is 0.0982. The molecule has 0 saturated carbocycles. The number of nitrogens with zero attached hydrogens (tertiary/aromatic N) is 3. The molecule has 0 N–H and O–H groups in total. The zero-order valence-electron chi connectivity index (χ0n) is 12.1. The van der Waals surface area contributed by atoms with Gasteiger partial charge in [-0.2, -0.15) is 5.26 Å². The number of hydrogen-bond donors (Lipinski definition) is 0. The third kappa shape index (κ3) is 3.37. The van der Waals surface area contributed by atoms with Crippen LogP contribution in [0.3, 0.4) is 0 Å². The largest absolute Gasteiger partial charge is 0.468 e. The lowest BCUT2D eigenvalue weighted by atomic mass is 9.98. The molecule has 0 aromatic carbocycles. The van der Waals surface area contributed by atoms with Crippen LogP contribution in [0.25, 0.3) is 0 Å². The van der Waals surface area contributed by atoms with Crippen molar-refractivity contribution in [2.45, 2.75) is 44.8 Å². The van der Waals surface area contributed by atoms with Crippen molar-refractivity contribution in [2.24, 2.45) is 0 Å². The Morgan fingerprint density at radius 3 is 2.95 bits per heavy atom. The van der Waals surface area contributed by atoms with E-state index in [1.807, 2.05) is 12.1 Å². The molecule has 2 rings (SSSR count). The third-order valence-corrected chi connectivity index (χ3v) is 4.24. The summed E-state index contributed by atoms with van der Waals surface area (Å²) in [5.41, 5.74) is 0.130. The molecular formula is C15H23N3O. The molecule has 0 spiro atoms. The fourth-order valence-electron chi connectivity index (χ4n) is 2.63. The average Bonchev–Trinajstić information content (AvgIpc) is 2.83. The van der Waals surface area contributed by atoms with Gasteiger partial charge in [0, 0.05) is 18.1 Å². The van der Waals surface area contributed by atoms with E-state index in [1.54, 1.807) is 6.26 Å². The molecule has 1 atom stereocenters. The summed E-state index contributed by atoms with van der Waals surface area (Å²) in [6.07, 6.45) is 3.41. The Morgan fingerprint density at radius 2 is 2.32 bits per heavy atom. The number of furan rings is 1. The predicted octanol–water partition coefficient (Wildman–Crippen LogP) is 2.48. The number of likely N-dealkylation sites (N-methyl/N-ethyl adjacent to an activating group) is 1. The van der Waals surface area contributed by atoms with Crippen LogP contribution in [0.2, 0.25) is 0 Å². The Morgan fingerprint density at radius 1 is 1.53 bits per heavy atom. The van der Waals surface area contributed by atoms with Crippen molar-refractivity contribution in [3.05, 3.63) is 24.2 Å². The minimum atomic E-state index is 0.130. The van der Waals surface area contributed by atoms with Crippen LogP contribution in [0.15, 0.2) is 22.8 Å². The lowest BCUT2D eigenvalue weighted by Gasteiger charge is -2.37. The highest BCUT2D eigenvalue weighted by atomic mass is 16.3. The van der Waals surface area contributed by atoms with Crippen molar-refractivity contribution in [1.82, 2.24) is 9.80 Å². The summed E-state index contributed by atoms with van der Waals surface area (Å²) in [6.45, 7) is 7.32. The van der Waals surface area contributed by atoms with Gasteiger partial charge in [-0.05, 0) is 46.0 Å². The minimum Gasteiger partial charge on any atom is -0.468 e. The van der Waals surface area contributed by atoms with E-state index in [0.29, 0.717) is 12.5 Å². The Hall–Kier alpha value is -1.31. The zero-order chi connectivity index (χ0) is 13.9. The van der Waals surface area contributed by atoms with E-state index in [-0.39, 0.29) is 5.54 Å². The molecule has 0 amide bonds. The summed E-state index contributed by atoms with van der Waals surface area (Å²) >= 11 is 0. The molecule has 19 heavy (non-hydrogen) atoms. The van der Waals surface area contributed by atoms with Crippen molar-refractivity contribution in [3.8, 4) is 6.07 Å². The van der Waals surface area contributed by atoms with E-state index in [2.05, 4.69) is 36.8 Å². The normalized spacial score (nSPS) is 24.8. The minimum absolute atomic E-state index is 0.130. The summed E-state index contributed by atoms with van der Waals surface area (Å²) in [7, 11) is 2.12. The SMILES string of the molecule is CN1CCC(C)(C)N(Cc2ccco2)CC1CC#N. The van der Waals surface area contributed by atoms with Crippen LogP contribution in [0.4, 0.5) is 0 Å². The van der Waals surface area contributed by atoms with Crippen molar-refractivity contribution >= 4 is 0 Å². The van der Waals surface area contributed by atoms with Crippen LogP contribution < -0.4 is 0 Å². The summed E-state index contributed by atoms with van der Waals surface area (Å²) in [4.78, 5) is 4.75. The topological polar surface area (TPSA) is 43.4 Å². The predicted molar refractivity (Wildman–Crippen MR) is 74.5 cm³/mol. The van der Waals surface area contributed by atoms with Crippen LogP contribution in [0, 0.1) is 11.3 Å².